The number of benzene rings is 1. The van der Waals surface area contributed by atoms with Crippen LogP contribution < -0.4 is 10.1 Å². The molecule has 0 spiro atoms. The van der Waals surface area contributed by atoms with E-state index in [1.165, 1.54) is 17.5 Å². The van der Waals surface area contributed by atoms with Crippen LogP contribution in [0.15, 0.2) is 18.2 Å². The lowest BCUT2D eigenvalue weighted by Crippen LogP contribution is -2.30. The summed E-state index contributed by atoms with van der Waals surface area (Å²) in [5.74, 6) is 1.74. The molecule has 1 aliphatic heterocycles. The van der Waals surface area contributed by atoms with Gasteiger partial charge in [0.2, 0.25) is 0 Å². The van der Waals surface area contributed by atoms with E-state index < -0.39 is 0 Å². The average Bonchev–Trinajstić information content (AvgIpc) is 2.36. The van der Waals surface area contributed by atoms with Crippen molar-refractivity contribution in [3.05, 3.63) is 29.3 Å². The minimum absolute atomic E-state index is 0.499. The number of hydrogen-bond donors (Lipinski definition) is 1. The number of rotatable bonds is 5. The van der Waals surface area contributed by atoms with E-state index in [-0.39, 0.29) is 0 Å². The normalized spacial score (nSPS) is 18.8. The molecule has 0 saturated carbocycles. The van der Waals surface area contributed by atoms with Gasteiger partial charge in [-0.3, -0.25) is 0 Å². The van der Waals surface area contributed by atoms with Crippen LogP contribution in [0.2, 0.25) is 0 Å². The minimum Gasteiger partial charge on any atom is -0.494 e. The molecule has 1 atom stereocenters. The van der Waals surface area contributed by atoms with Crippen molar-refractivity contribution in [2.75, 3.05) is 13.2 Å². The first-order valence-electron chi connectivity index (χ1n) is 7.19. The van der Waals surface area contributed by atoms with E-state index in [2.05, 4.69) is 44.3 Å². The third kappa shape index (κ3) is 3.26. The Bertz CT molecular complexity index is 387. The molecule has 2 heteroatoms. The van der Waals surface area contributed by atoms with Crippen LogP contribution >= 0.6 is 0 Å². The molecule has 18 heavy (non-hydrogen) atoms. The van der Waals surface area contributed by atoms with Crippen LogP contribution in [0.1, 0.15) is 50.8 Å². The predicted molar refractivity (Wildman–Crippen MR) is 76.1 cm³/mol. The maximum Gasteiger partial charge on any atom is 0.119 e. The smallest absolute Gasteiger partial charge is 0.119 e. The molecular weight excluding hydrogens is 222 g/mol. The monoisotopic (exact) mass is 247 g/mol. The van der Waals surface area contributed by atoms with Gasteiger partial charge in [-0.05, 0) is 55.0 Å². The van der Waals surface area contributed by atoms with Gasteiger partial charge in [-0.1, -0.05) is 26.8 Å². The van der Waals surface area contributed by atoms with E-state index in [0.29, 0.717) is 12.0 Å². The summed E-state index contributed by atoms with van der Waals surface area (Å²) >= 11 is 0. The highest BCUT2D eigenvalue weighted by Crippen LogP contribution is 2.31. The van der Waals surface area contributed by atoms with Crippen LogP contribution in [0, 0.1) is 5.92 Å². The minimum atomic E-state index is 0.499. The van der Waals surface area contributed by atoms with Crippen LogP contribution in [0.4, 0.5) is 0 Å². The molecule has 1 aromatic rings. The first kappa shape index (κ1) is 13.4. The second-order valence-electron chi connectivity index (χ2n) is 5.60. The molecule has 1 N–H and O–H groups in total. The molecule has 0 fully saturated rings. The van der Waals surface area contributed by atoms with Gasteiger partial charge in [0, 0.05) is 6.04 Å². The maximum atomic E-state index is 5.75. The molecule has 1 aliphatic rings. The maximum absolute atomic E-state index is 5.75. The molecule has 2 rings (SSSR count). The summed E-state index contributed by atoms with van der Waals surface area (Å²) in [5, 5.41) is 3.63. The molecule has 1 heterocycles. The van der Waals surface area contributed by atoms with Crippen molar-refractivity contribution in [2.45, 2.75) is 46.1 Å². The van der Waals surface area contributed by atoms with Gasteiger partial charge in [-0.2, -0.15) is 0 Å². The Kier molecular flexibility index (Phi) is 4.65. The van der Waals surface area contributed by atoms with E-state index >= 15 is 0 Å². The molecule has 0 saturated heterocycles. The van der Waals surface area contributed by atoms with Gasteiger partial charge in [0.05, 0.1) is 6.61 Å². The predicted octanol–water partition coefficient (Wildman–Crippen LogP) is 3.71. The average molecular weight is 247 g/mol. The third-order valence-electron chi connectivity index (χ3n) is 3.46. The summed E-state index contributed by atoms with van der Waals surface area (Å²) in [6.07, 6.45) is 3.40. The van der Waals surface area contributed by atoms with Crippen molar-refractivity contribution in [3.8, 4) is 5.75 Å². The standard InChI is InChI=1S/C16H25NO/c1-4-9-18-14-6-5-13-7-8-17-16(10-12(2)3)15(13)11-14/h5-6,11-12,16-17H,4,7-10H2,1-3H3. The van der Waals surface area contributed by atoms with Gasteiger partial charge in [-0.25, -0.2) is 0 Å². The molecule has 0 bridgehead atoms. The Morgan fingerprint density at radius 2 is 2.22 bits per heavy atom. The SMILES string of the molecule is CCCOc1ccc2c(c1)C(CC(C)C)NCC2. The zero-order chi connectivity index (χ0) is 13.0. The Morgan fingerprint density at radius 3 is 2.94 bits per heavy atom. The first-order chi connectivity index (χ1) is 8.70. The molecule has 0 radical (unpaired) electrons. The second kappa shape index (κ2) is 6.24. The first-order valence-corrected chi connectivity index (χ1v) is 7.19. The number of fused-ring (bicyclic) bond motifs is 1. The molecule has 1 aromatic carbocycles. The second-order valence-corrected chi connectivity index (χ2v) is 5.60. The van der Waals surface area contributed by atoms with Crippen LogP contribution in [-0.2, 0) is 6.42 Å². The largest absolute Gasteiger partial charge is 0.494 e. The van der Waals surface area contributed by atoms with Gasteiger partial charge < -0.3 is 10.1 Å². The Hall–Kier alpha value is -1.02. The van der Waals surface area contributed by atoms with Crippen molar-refractivity contribution in [2.24, 2.45) is 5.92 Å². The quantitative estimate of drug-likeness (QED) is 0.856. The van der Waals surface area contributed by atoms with Crippen molar-refractivity contribution in [1.82, 2.24) is 5.32 Å². The summed E-state index contributed by atoms with van der Waals surface area (Å²) in [7, 11) is 0. The van der Waals surface area contributed by atoms with Crippen molar-refractivity contribution < 1.29 is 4.74 Å². The number of hydrogen-bond acceptors (Lipinski definition) is 2. The molecule has 0 aliphatic carbocycles. The van der Waals surface area contributed by atoms with E-state index in [4.69, 9.17) is 4.74 Å². The van der Waals surface area contributed by atoms with Gasteiger partial charge in [0.1, 0.15) is 5.75 Å². The van der Waals surface area contributed by atoms with Gasteiger partial charge >= 0.3 is 0 Å². The third-order valence-corrected chi connectivity index (χ3v) is 3.46. The lowest BCUT2D eigenvalue weighted by Gasteiger charge is -2.28. The summed E-state index contributed by atoms with van der Waals surface area (Å²) in [6.45, 7) is 8.61. The highest BCUT2D eigenvalue weighted by atomic mass is 16.5. The summed E-state index contributed by atoms with van der Waals surface area (Å²) in [4.78, 5) is 0. The highest BCUT2D eigenvalue weighted by molar-refractivity contribution is 5.39. The van der Waals surface area contributed by atoms with Crippen LogP contribution in [0.3, 0.4) is 0 Å². The molecule has 0 aromatic heterocycles. The van der Waals surface area contributed by atoms with E-state index in [1.54, 1.807) is 0 Å². The fourth-order valence-corrected chi connectivity index (χ4v) is 2.61. The molecule has 1 unspecified atom stereocenters. The molecular formula is C16H25NO. The van der Waals surface area contributed by atoms with Gasteiger partial charge in [-0.15, -0.1) is 0 Å². The Morgan fingerprint density at radius 1 is 1.39 bits per heavy atom. The zero-order valence-electron chi connectivity index (χ0n) is 11.8. The molecule has 0 amide bonds. The van der Waals surface area contributed by atoms with Gasteiger partial charge in [0.25, 0.3) is 0 Å². The summed E-state index contributed by atoms with van der Waals surface area (Å²) < 4.78 is 5.75. The van der Waals surface area contributed by atoms with Crippen LogP contribution in [0.5, 0.6) is 5.75 Å². The van der Waals surface area contributed by atoms with Crippen molar-refractivity contribution >= 4 is 0 Å². The lowest BCUT2D eigenvalue weighted by molar-refractivity contribution is 0.315. The van der Waals surface area contributed by atoms with Crippen LogP contribution in [-0.4, -0.2) is 13.2 Å². The summed E-state index contributed by atoms with van der Waals surface area (Å²) in [6, 6.07) is 7.10. The number of ether oxygens (including phenoxy) is 1. The fraction of sp³-hybridized carbons (Fsp3) is 0.625. The van der Waals surface area contributed by atoms with E-state index in [1.807, 2.05) is 0 Å². The fourth-order valence-electron chi connectivity index (χ4n) is 2.61. The van der Waals surface area contributed by atoms with E-state index in [0.717, 1.165) is 31.7 Å². The molecule has 2 nitrogen and oxygen atoms in total. The Balaban J connectivity index is 2.18. The van der Waals surface area contributed by atoms with Gasteiger partial charge in [0.15, 0.2) is 0 Å². The van der Waals surface area contributed by atoms with Crippen molar-refractivity contribution in [3.63, 3.8) is 0 Å². The lowest BCUT2D eigenvalue weighted by atomic mass is 9.89. The number of nitrogens with one attached hydrogen (secondary N) is 1. The summed E-state index contributed by atoms with van der Waals surface area (Å²) in [5.41, 5.74) is 2.94. The van der Waals surface area contributed by atoms with E-state index in [9.17, 15) is 0 Å². The molecule has 100 valence electrons. The van der Waals surface area contributed by atoms with Crippen molar-refractivity contribution in [1.29, 1.82) is 0 Å². The topological polar surface area (TPSA) is 21.3 Å². The van der Waals surface area contributed by atoms with Crippen LogP contribution in [0.25, 0.3) is 0 Å². The zero-order valence-corrected chi connectivity index (χ0v) is 11.8. The Labute approximate surface area is 111 Å². The highest BCUT2D eigenvalue weighted by Gasteiger charge is 2.20.